The van der Waals surface area contributed by atoms with Crippen molar-refractivity contribution in [1.82, 2.24) is 4.98 Å². The van der Waals surface area contributed by atoms with Crippen LogP contribution < -0.4 is 11.1 Å². The van der Waals surface area contributed by atoms with Crippen LogP contribution in [-0.4, -0.2) is 33.3 Å². The molecule has 3 rings (SSSR count). The van der Waals surface area contributed by atoms with Crippen LogP contribution in [0.3, 0.4) is 0 Å². The Morgan fingerprint density at radius 2 is 1.79 bits per heavy atom. The number of carbonyl (C=O) groups is 1. The number of benzene rings is 1. The minimum atomic E-state index is -1.42. The van der Waals surface area contributed by atoms with E-state index in [0.717, 1.165) is 23.5 Å². The van der Waals surface area contributed by atoms with Crippen molar-refractivity contribution < 1.29 is 28.5 Å². The Kier molecular flexibility index (Phi) is 7.37. The van der Waals surface area contributed by atoms with E-state index in [-0.39, 0.29) is 39.8 Å². The van der Waals surface area contributed by atoms with Crippen LogP contribution in [0.4, 0.5) is 19.6 Å². The van der Waals surface area contributed by atoms with Crippen molar-refractivity contribution in [2.45, 2.75) is 45.5 Å². The summed E-state index contributed by atoms with van der Waals surface area (Å²) in [6.07, 6.45) is 0. The highest BCUT2D eigenvalue weighted by molar-refractivity contribution is 7.20. The predicted molar refractivity (Wildman–Crippen MR) is 127 cm³/mol. The Bertz CT molecular complexity index is 1180. The van der Waals surface area contributed by atoms with E-state index in [1.165, 1.54) is 19.9 Å². The lowest BCUT2D eigenvalue weighted by molar-refractivity contribution is -0.0276. The van der Waals surface area contributed by atoms with Crippen LogP contribution >= 0.6 is 11.3 Å². The van der Waals surface area contributed by atoms with E-state index in [1.54, 1.807) is 32.0 Å². The van der Waals surface area contributed by atoms with Crippen LogP contribution in [0.5, 0.6) is 0 Å². The van der Waals surface area contributed by atoms with E-state index in [4.69, 9.17) is 10.5 Å². The number of thiophene rings is 1. The van der Waals surface area contributed by atoms with E-state index in [2.05, 4.69) is 10.3 Å². The molecule has 0 spiro atoms. The monoisotopic (exact) mass is 491 g/mol. The summed E-state index contributed by atoms with van der Waals surface area (Å²) in [6, 6.07) is 8.56. The van der Waals surface area contributed by atoms with Crippen LogP contribution in [0.2, 0.25) is 0 Å². The zero-order chi connectivity index (χ0) is 25.3. The summed E-state index contributed by atoms with van der Waals surface area (Å²) in [7, 11) is 0. The molecule has 3 aromatic rings. The first-order valence-electron chi connectivity index (χ1n) is 10.4. The number of nitrogens with one attached hydrogen (secondary N) is 1. The largest absolute Gasteiger partial charge is 0.388 e. The number of hydrogen-bond acceptors (Lipinski definition) is 7. The number of pyridine rings is 1. The molecule has 7 nitrogen and oxygen atoms in total. The van der Waals surface area contributed by atoms with Gasteiger partial charge in [-0.05, 0) is 63.6 Å². The second kappa shape index (κ2) is 9.75. The number of nitrogens with two attached hydrogens (primary N) is 1. The minimum absolute atomic E-state index is 0.0517. The standard InChI is InChI=1S/C24H27F2N3O4S/c1-23(2,31)12-33-11-14-6-5-7-19(28-14)29-22-15(21(27)30)10-18(34-22)20-16(25)8-13(9-17(20)26)24(3,4)32/h5-10,31-32H,11-12H2,1-4H3,(H2,27,30)(H,28,29). The fourth-order valence-electron chi connectivity index (χ4n) is 3.10. The summed E-state index contributed by atoms with van der Waals surface area (Å²) in [5, 5.41) is 23.1. The molecule has 34 heavy (non-hydrogen) atoms. The molecule has 2 aromatic heterocycles. The van der Waals surface area contributed by atoms with Gasteiger partial charge in [0.25, 0.3) is 5.91 Å². The number of amides is 1. The second-order valence-corrected chi connectivity index (χ2v) is 10.1. The van der Waals surface area contributed by atoms with Gasteiger partial charge in [-0.15, -0.1) is 11.3 Å². The summed E-state index contributed by atoms with van der Waals surface area (Å²) in [6.45, 7) is 6.38. The summed E-state index contributed by atoms with van der Waals surface area (Å²) < 4.78 is 35.1. The van der Waals surface area contributed by atoms with Gasteiger partial charge in [0.2, 0.25) is 0 Å². The quantitative estimate of drug-likeness (QED) is 0.351. The summed E-state index contributed by atoms with van der Waals surface area (Å²) >= 11 is 0.946. The molecule has 0 bridgehead atoms. The highest BCUT2D eigenvalue weighted by Crippen LogP contribution is 2.40. The average molecular weight is 492 g/mol. The first kappa shape index (κ1) is 25.7. The summed E-state index contributed by atoms with van der Waals surface area (Å²) in [5.74, 6) is -2.14. The van der Waals surface area contributed by atoms with Crippen molar-refractivity contribution in [2.75, 3.05) is 11.9 Å². The van der Waals surface area contributed by atoms with E-state index in [1.807, 2.05) is 0 Å². The fourth-order valence-corrected chi connectivity index (χ4v) is 4.22. The maximum Gasteiger partial charge on any atom is 0.251 e. The number of aromatic nitrogens is 1. The molecular formula is C24H27F2N3O4S. The van der Waals surface area contributed by atoms with Crippen LogP contribution in [0.1, 0.15) is 49.3 Å². The first-order chi connectivity index (χ1) is 15.7. The van der Waals surface area contributed by atoms with Crippen LogP contribution in [-0.2, 0) is 16.9 Å². The molecule has 0 aliphatic carbocycles. The lowest BCUT2D eigenvalue weighted by Crippen LogP contribution is -2.25. The third-order valence-electron chi connectivity index (χ3n) is 4.75. The van der Waals surface area contributed by atoms with Gasteiger partial charge in [-0.1, -0.05) is 6.07 Å². The number of primary amides is 1. The molecule has 0 aliphatic rings. The number of aliphatic hydroxyl groups is 2. The highest BCUT2D eigenvalue weighted by Gasteiger charge is 2.24. The van der Waals surface area contributed by atoms with Gasteiger partial charge >= 0.3 is 0 Å². The van der Waals surface area contributed by atoms with Crippen molar-refractivity contribution in [3.05, 3.63) is 64.9 Å². The average Bonchev–Trinajstić information content (AvgIpc) is 3.09. The van der Waals surface area contributed by atoms with Crippen molar-refractivity contribution in [3.63, 3.8) is 0 Å². The number of nitrogens with zero attached hydrogens (tertiary/aromatic N) is 1. The lowest BCUT2D eigenvalue weighted by Gasteiger charge is -2.18. The minimum Gasteiger partial charge on any atom is -0.388 e. The number of rotatable bonds is 9. The topological polar surface area (TPSA) is 118 Å². The van der Waals surface area contributed by atoms with Gasteiger partial charge in [0.05, 0.1) is 41.2 Å². The molecule has 182 valence electrons. The number of ether oxygens (including phenoxy) is 1. The molecular weight excluding hydrogens is 464 g/mol. The van der Waals surface area contributed by atoms with Crippen LogP contribution in [0.15, 0.2) is 36.4 Å². The highest BCUT2D eigenvalue weighted by atomic mass is 32.1. The molecule has 1 amide bonds. The van der Waals surface area contributed by atoms with Crippen molar-refractivity contribution in [3.8, 4) is 10.4 Å². The number of carbonyl (C=O) groups excluding carboxylic acids is 1. The van der Waals surface area contributed by atoms with Gasteiger partial charge in [-0.2, -0.15) is 0 Å². The number of anilines is 2. The van der Waals surface area contributed by atoms with Gasteiger partial charge < -0.3 is 26.0 Å². The van der Waals surface area contributed by atoms with Crippen molar-refractivity contribution >= 4 is 28.1 Å². The van der Waals surface area contributed by atoms with Gasteiger partial charge in [-0.3, -0.25) is 4.79 Å². The Hall–Kier alpha value is -2.92. The van der Waals surface area contributed by atoms with Crippen molar-refractivity contribution in [2.24, 2.45) is 5.73 Å². The van der Waals surface area contributed by atoms with E-state index >= 15 is 0 Å². The molecule has 1 aromatic carbocycles. The molecule has 0 fully saturated rings. The van der Waals surface area contributed by atoms with E-state index in [9.17, 15) is 23.8 Å². The maximum absolute atomic E-state index is 14.8. The number of halogens is 2. The molecule has 0 aliphatic heterocycles. The molecule has 2 heterocycles. The SMILES string of the molecule is CC(C)(O)COCc1cccc(Nc2sc(-c3c(F)cc(C(C)(C)O)cc3F)cc2C(N)=O)n1. The molecule has 0 saturated carbocycles. The molecule has 5 N–H and O–H groups in total. The lowest BCUT2D eigenvalue weighted by atomic mass is 9.96. The van der Waals surface area contributed by atoms with E-state index in [0.29, 0.717) is 11.5 Å². The Morgan fingerprint density at radius 1 is 1.15 bits per heavy atom. The zero-order valence-corrected chi connectivity index (χ0v) is 20.1. The predicted octanol–water partition coefficient (Wildman–Crippen LogP) is 4.45. The van der Waals surface area contributed by atoms with Gasteiger partial charge in [0.15, 0.2) is 0 Å². The molecule has 10 heteroatoms. The molecule has 0 unspecified atom stereocenters. The third kappa shape index (κ3) is 6.35. The molecule has 0 saturated heterocycles. The maximum atomic E-state index is 14.8. The smallest absolute Gasteiger partial charge is 0.251 e. The zero-order valence-electron chi connectivity index (χ0n) is 19.3. The van der Waals surface area contributed by atoms with Gasteiger partial charge in [0, 0.05) is 4.88 Å². The summed E-state index contributed by atoms with van der Waals surface area (Å²) in [5.41, 5.74) is 3.49. The molecule has 0 radical (unpaired) electrons. The van der Waals surface area contributed by atoms with Crippen molar-refractivity contribution in [1.29, 1.82) is 0 Å². The second-order valence-electron chi connectivity index (χ2n) is 9.04. The summed E-state index contributed by atoms with van der Waals surface area (Å²) in [4.78, 5) is 16.6. The van der Waals surface area contributed by atoms with Gasteiger partial charge in [0.1, 0.15) is 22.5 Å². The Labute approximate surface area is 200 Å². The Morgan fingerprint density at radius 3 is 2.35 bits per heavy atom. The van der Waals surface area contributed by atoms with Crippen LogP contribution in [0, 0.1) is 11.6 Å². The normalized spacial score (nSPS) is 12.1. The fraction of sp³-hybridized carbons (Fsp3) is 0.333. The first-order valence-corrected chi connectivity index (χ1v) is 11.3. The Balaban J connectivity index is 1.90. The van der Waals surface area contributed by atoms with E-state index < -0.39 is 28.7 Å². The van der Waals surface area contributed by atoms with Crippen LogP contribution in [0.25, 0.3) is 10.4 Å². The number of hydrogen-bond donors (Lipinski definition) is 4. The van der Waals surface area contributed by atoms with Gasteiger partial charge in [-0.25, -0.2) is 13.8 Å². The third-order valence-corrected chi connectivity index (χ3v) is 5.81. The molecule has 0 atom stereocenters.